The minimum Gasteiger partial charge on any atom is -0.322 e. The number of rotatable bonds is 6. The van der Waals surface area contributed by atoms with Crippen molar-refractivity contribution in [1.29, 1.82) is 0 Å². The van der Waals surface area contributed by atoms with Gasteiger partial charge in [0, 0.05) is 26.7 Å². The Hall–Kier alpha value is -2.56. The number of hydrogen-bond donors (Lipinski definition) is 1. The average Bonchev–Trinajstić information content (AvgIpc) is 2.70. The molecule has 0 aliphatic heterocycles. The van der Waals surface area contributed by atoms with Gasteiger partial charge >= 0.3 is 0 Å². The van der Waals surface area contributed by atoms with E-state index in [2.05, 4.69) is 5.32 Å². The predicted octanol–water partition coefficient (Wildman–Crippen LogP) is 5.88. The van der Waals surface area contributed by atoms with Crippen molar-refractivity contribution in [3.8, 4) is 0 Å². The molecule has 0 saturated heterocycles. The zero-order valence-corrected chi connectivity index (χ0v) is 16.3. The van der Waals surface area contributed by atoms with Crippen LogP contribution in [0.15, 0.2) is 77.7 Å². The number of anilines is 1. The lowest BCUT2D eigenvalue weighted by atomic mass is 10.1. The van der Waals surface area contributed by atoms with E-state index in [1.165, 1.54) is 11.8 Å². The van der Waals surface area contributed by atoms with Crippen LogP contribution in [-0.4, -0.2) is 17.4 Å². The van der Waals surface area contributed by atoms with Crippen LogP contribution < -0.4 is 5.32 Å². The molecule has 0 fully saturated rings. The van der Waals surface area contributed by atoms with Gasteiger partial charge in [0.05, 0.1) is 5.75 Å². The predicted molar refractivity (Wildman–Crippen MR) is 112 cm³/mol. The molecule has 0 atom stereocenters. The van der Waals surface area contributed by atoms with Crippen molar-refractivity contribution in [2.45, 2.75) is 11.8 Å². The summed E-state index contributed by atoms with van der Waals surface area (Å²) >= 11 is 7.52. The van der Waals surface area contributed by atoms with Gasteiger partial charge in [-0.15, -0.1) is 11.8 Å². The van der Waals surface area contributed by atoms with Crippen LogP contribution in [0.25, 0.3) is 0 Å². The molecule has 0 spiro atoms. The van der Waals surface area contributed by atoms with E-state index in [1.54, 1.807) is 36.4 Å². The van der Waals surface area contributed by atoms with E-state index in [0.29, 0.717) is 27.6 Å². The minimum absolute atomic E-state index is 0.0602. The van der Waals surface area contributed by atoms with Crippen molar-refractivity contribution in [2.75, 3.05) is 11.1 Å². The summed E-state index contributed by atoms with van der Waals surface area (Å²) in [5.41, 5.74) is 2.73. The highest BCUT2D eigenvalue weighted by atomic mass is 35.5. The maximum absolute atomic E-state index is 12.6. The summed E-state index contributed by atoms with van der Waals surface area (Å²) in [6, 6.07) is 21.8. The van der Waals surface area contributed by atoms with Gasteiger partial charge in [-0.1, -0.05) is 54.1 Å². The standard InChI is InChI=1S/C22H18ClNO2S/c1-15-19(23)11-6-12-20(15)24-22(26)17-9-5-10-18(13-17)27-14-21(25)16-7-3-2-4-8-16/h2-13H,14H2,1H3,(H,24,26). The summed E-state index contributed by atoms with van der Waals surface area (Å²) in [7, 11) is 0. The van der Waals surface area contributed by atoms with Gasteiger partial charge in [0.1, 0.15) is 0 Å². The quantitative estimate of drug-likeness (QED) is 0.419. The van der Waals surface area contributed by atoms with Gasteiger partial charge in [-0.3, -0.25) is 9.59 Å². The van der Waals surface area contributed by atoms with Gasteiger partial charge in [0.15, 0.2) is 5.78 Å². The highest BCUT2D eigenvalue weighted by Gasteiger charge is 2.11. The molecule has 0 bridgehead atoms. The van der Waals surface area contributed by atoms with Crippen LogP contribution in [0.1, 0.15) is 26.3 Å². The molecule has 0 aromatic heterocycles. The number of amides is 1. The molecule has 5 heteroatoms. The summed E-state index contributed by atoms with van der Waals surface area (Å²) < 4.78 is 0. The van der Waals surface area contributed by atoms with Crippen LogP contribution in [0.2, 0.25) is 5.02 Å². The Kier molecular flexibility index (Phi) is 6.32. The third kappa shape index (κ3) is 5.00. The molecule has 0 saturated carbocycles. The number of benzene rings is 3. The maximum Gasteiger partial charge on any atom is 0.255 e. The van der Waals surface area contributed by atoms with Gasteiger partial charge < -0.3 is 5.32 Å². The number of ketones is 1. The molecule has 3 aromatic carbocycles. The number of carbonyl (C=O) groups excluding carboxylic acids is 2. The van der Waals surface area contributed by atoms with Crippen molar-refractivity contribution < 1.29 is 9.59 Å². The first-order valence-electron chi connectivity index (χ1n) is 8.42. The fraction of sp³-hybridized carbons (Fsp3) is 0.0909. The molecule has 3 nitrogen and oxygen atoms in total. The first-order valence-corrected chi connectivity index (χ1v) is 9.78. The second-order valence-corrected chi connectivity index (χ2v) is 7.43. The first kappa shape index (κ1) is 19.2. The Morgan fingerprint density at radius 3 is 2.41 bits per heavy atom. The molecule has 0 unspecified atom stereocenters. The van der Waals surface area contributed by atoms with Gasteiger partial charge in [0.25, 0.3) is 5.91 Å². The van der Waals surface area contributed by atoms with Crippen LogP contribution in [0.3, 0.4) is 0 Å². The van der Waals surface area contributed by atoms with Crippen LogP contribution in [0.4, 0.5) is 5.69 Å². The number of Topliss-reactive ketones (excluding diaryl/α,β-unsaturated/α-hetero) is 1. The molecule has 3 aromatic rings. The van der Waals surface area contributed by atoms with E-state index >= 15 is 0 Å². The second-order valence-electron chi connectivity index (χ2n) is 5.97. The van der Waals surface area contributed by atoms with E-state index in [9.17, 15) is 9.59 Å². The number of carbonyl (C=O) groups is 2. The van der Waals surface area contributed by atoms with Crippen molar-refractivity contribution in [3.05, 3.63) is 94.5 Å². The Bertz CT molecular complexity index is 973. The number of halogens is 1. The summed E-state index contributed by atoms with van der Waals surface area (Å²) in [6.07, 6.45) is 0. The van der Waals surface area contributed by atoms with Crippen molar-refractivity contribution >= 4 is 40.7 Å². The largest absolute Gasteiger partial charge is 0.322 e. The zero-order valence-electron chi connectivity index (χ0n) is 14.7. The van der Waals surface area contributed by atoms with Crippen LogP contribution >= 0.6 is 23.4 Å². The van der Waals surface area contributed by atoms with Gasteiger partial charge in [-0.25, -0.2) is 0 Å². The second kappa shape index (κ2) is 8.89. The molecular weight excluding hydrogens is 378 g/mol. The summed E-state index contributed by atoms with van der Waals surface area (Å²) in [5, 5.41) is 3.49. The first-order chi connectivity index (χ1) is 13.0. The molecule has 27 heavy (non-hydrogen) atoms. The number of thioether (sulfide) groups is 1. The Morgan fingerprint density at radius 2 is 1.63 bits per heavy atom. The van der Waals surface area contributed by atoms with Gasteiger partial charge in [0.2, 0.25) is 0 Å². The molecule has 0 heterocycles. The summed E-state index contributed by atoms with van der Waals surface area (Å²) in [5.74, 6) is 0.171. The Labute approximate surface area is 167 Å². The average molecular weight is 396 g/mol. The monoisotopic (exact) mass is 395 g/mol. The molecule has 1 amide bonds. The number of hydrogen-bond acceptors (Lipinski definition) is 3. The summed E-state index contributed by atoms with van der Waals surface area (Å²) in [6.45, 7) is 1.86. The fourth-order valence-electron chi connectivity index (χ4n) is 2.52. The molecule has 3 rings (SSSR count). The van der Waals surface area contributed by atoms with Crippen LogP contribution in [0.5, 0.6) is 0 Å². The Balaban J connectivity index is 1.67. The van der Waals surface area contributed by atoms with Crippen LogP contribution in [-0.2, 0) is 0 Å². The lowest BCUT2D eigenvalue weighted by Gasteiger charge is -2.10. The van der Waals surface area contributed by atoms with E-state index in [4.69, 9.17) is 11.6 Å². The molecule has 0 aliphatic rings. The minimum atomic E-state index is -0.211. The van der Waals surface area contributed by atoms with E-state index in [1.807, 2.05) is 43.3 Å². The third-order valence-electron chi connectivity index (χ3n) is 4.08. The SMILES string of the molecule is Cc1c(Cl)cccc1NC(=O)c1cccc(SCC(=O)c2ccccc2)c1. The summed E-state index contributed by atoms with van der Waals surface area (Å²) in [4.78, 5) is 25.7. The smallest absolute Gasteiger partial charge is 0.255 e. The van der Waals surface area contributed by atoms with Crippen molar-refractivity contribution in [2.24, 2.45) is 0 Å². The van der Waals surface area contributed by atoms with Crippen molar-refractivity contribution in [3.63, 3.8) is 0 Å². The van der Waals surface area contributed by atoms with Gasteiger partial charge in [-0.05, 0) is 42.8 Å². The Morgan fingerprint density at radius 1 is 0.926 bits per heavy atom. The van der Waals surface area contributed by atoms with E-state index in [-0.39, 0.29) is 11.7 Å². The van der Waals surface area contributed by atoms with E-state index in [0.717, 1.165) is 10.5 Å². The molecule has 0 radical (unpaired) electrons. The fourth-order valence-corrected chi connectivity index (χ4v) is 3.54. The highest BCUT2D eigenvalue weighted by molar-refractivity contribution is 8.00. The molecule has 0 aliphatic carbocycles. The van der Waals surface area contributed by atoms with Gasteiger partial charge in [-0.2, -0.15) is 0 Å². The number of nitrogens with one attached hydrogen (secondary N) is 1. The maximum atomic E-state index is 12.6. The van der Waals surface area contributed by atoms with Crippen molar-refractivity contribution in [1.82, 2.24) is 0 Å². The third-order valence-corrected chi connectivity index (χ3v) is 5.48. The normalized spacial score (nSPS) is 10.4. The molecular formula is C22H18ClNO2S. The molecule has 1 N–H and O–H groups in total. The van der Waals surface area contributed by atoms with Crippen LogP contribution in [0, 0.1) is 6.92 Å². The lowest BCUT2D eigenvalue weighted by molar-refractivity contribution is 0.101. The van der Waals surface area contributed by atoms with E-state index < -0.39 is 0 Å². The topological polar surface area (TPSA) is 46.2 Å². The lowest BCUT2D eigenvalue weighted by Crippen LogP contribution is -2.13. The molecule has 136 valence electrons. The zero-order chi connectivity index (χ0) is 19.2. The highest BCUT2D eigenvalue weighted by Crippen LogP contribution is 2.25.